The van der Waals surface area contributed by atoms with Gasteiger partial charge in [-0.05, 0) is 31.0 Å². The predicted octanol–water partition coefficient (Wildman–Crippen LogP) is 3.97. The summed E-state index contributed by atoms with van der Waals surface area (Å²) >= 11 is 5.88. The first-order valence-electron chi connectivity index (χ1n) is 6.12. The van der Waals surface area contributed by atoms with Crippen molar-refractivity contribution in [3.63, 3.8) is 0 Å². The summed E-state index contributed by atoms with van der Waals surface area (Å²) < 4.78 is 29.0. The Morgan fingerprint density at radius 2 is 2.06 bits per heavy atom. The standard InChI is InChI=1S/C13H16ClF2NO/c14-10-5-6-12(18-13(15)16)9(7-10)8-17-11-3-1-2-4-11/h5-7,11,13,17H,1-4,8H2. The molecule has 0 radical (unpaired) electrons. The van der Waals surface area contributed by atoms with E-state index in [9.17, 15) is 8.78 Å². The molecule has 18 heavy (non-hydrogen) atoms. The summed E-state index contributed by atoms with van der Waals surface area (Å²) in [6.45, 7) is -2.30. The van der Waals surface area contributed by atoms with Gasteiger partial charge in [0.1, 0.15) is 5.75 Å². The first kappa shape index (κ1) is 13.6. The third-order valence-electron chi connectivity index (χ3n) is 3.17. The minimum absolute atomic E-state index is 0.194. The molecule has 0 aromatic heterocycles. The number of hydrogen-bond donors (Lipinski definition) is 1. The zero-order valence-corrected chi connectivity index (χ0v) is 10.7. The van der Waals surface area contributed by atoms with Crippen molar-refractivity contribution >= 4 is 11.6 Å². The highest BCUT2D eigenvalue weighted by molar-refractivity contribution is 6.30. The number of ether oxygens (including phenoxy) is 1. The lowest BCUT2D eigenvalue weighted by atomic mass is 10.1. The van der Waals surface area contributed by atoms with Crippen LogP contribution in [0.3, 0.4) is 0 Å². The van der Waals surface area contributed by atoms with Gasteiger partial charge in [-0.25, -0.2) is 0 Å². The zero-order chi connectivity index (χ0) is 13.0. The van der Waals surface area contributed by atoms with E-state index in [2.05, 4.69) is 10.1 Å². The van der Waals surface area contributed by atoms with Gasteiger partial charge in [0.15, 0.2) is 0 Å². The van der Waals surface area contributed by atoms with Crippen LogP contribution in [0.5, 0.6) is 5.75 Å². The number of halogens is 3. The first-order valence-corrected chi connectivity index (χ1v) is 6.49. The third-order valence-corrected chi connectivity index (χ3v) is 3.41. The maximum absolute atomic E-state index is 12.3. The Morgan fingerprint density at radius 1 is 1.33 bits per heavy atom. The molecule has 1 saturated carbocycles. The fourth-order valence-corrected chi connectivity index (χ4v) is 2.48. The van der Waals surface area contributed by atoms with Crippen LogP contribution in [-0.2, 0) is 6.54 Å². The molecule has 1 aromatic carbocycles. The molecule has 0 saturated heterocycles. The van der Waals surface area contributed by atoms with Crippen molar-refractivity contribution in [2.24, 2.45) is 0 Å². The Hall–Kier alpha value is -0.870. The number of hydrogen-bond acceptors (Lipinski definition) is 2. The highest BCUT2D eigenvalue weighted by Gasteiger charge is 2.16. The Labute approximate surface area is 110 Å². The normalized spacial score (nSPS) is 16.4. The maximum Gasteiger partial charge on any atom is 0.387 e. The van der Waals surface area contributed by atoms with Crippen molar-refractivity contribution in [2.75, 3.05) is 0 Å². The molecule has 100 valence electrons. The van der Waals surface area contributed by atoms with Crippen molar-refractivity contribution in [2.45, 2.75) is 44.9 Å². The molecule has 1 aliphatic carbocycles. The molecule has 1 aliphatic rings. The van der Waals surface area contributed by atoms with Gasteiger partial charge in [0.05, 0.1) is 0 Å². The van der Waals surface area contributed by atoms with E-state index in [-0.39, 0.29) is 5.75 Å². The van der Waals surface area contributed by atoms with Crippen LogP contribution in [0.15, 0.2) is 18.2 Å². The van der Waals surface area contributed by atoms with Gasteiger partial charge in [0.25, 0.3) is 0 Å². The van der Waals surface area contributed by atoms with E-state index in [1.54, 1.807) is 12.1 Å². The maximum atomic E-state index is 12.3. The quantitative estimate of drug-likeness (QED) is 0.878. The van der Waals surface area contributed by atoms with Crippen molar-refractivity contribution in [1.82, 2.24) is 5.32 Å². The smallest absolute Gasteiger partial charge is 0.387 e. The third kappa shape index (κ3) is 3.82. The van der Waals surface area contributed by atoms with Gasteiger partial charge in [-0.2, -0.15) is 8.78 Å². The summed E-state index contributed by atoms with van der Waals surface area (Å²) in [5, 5.41) is 3.88. The highest BCUT2D eigenvalue weighted by atomic mass is 35.5. The van der Waals surface area contributed by atoms with Gasteiger partial charge < -0.3 is 10.1 Å². The van der Waals surface area contributed by atoms with Gasteiger partial charge in [0, 0.05) is 23.2 Å². The Balaban J connectivity index is 2.01. The second kappa shape index (κ2) is 6.34. The molecule has 5 heteroatoms. The number of benzene rings is 1. The number of alkyl halides is 2. The molecule has 0 atom stereocenters. The van der Waals surface area contributed by atoms with Crippen molar-refractivity contribution in [3.05, 3.63) is 28.8 Å². The molecule has 0 bridgehead atoms. The second-order valence-electron chi connectivity index (χ2n) is 4.49. The monoisotopic (exact) mass is 275 g/mol. The molecular weight excluding hydrogens is 260 g/mol. The van der Waals surface area contributed by atoms with Gasteiger partial charge in [-0.1, -0.05) is 24.4 Å². The van der Waals surface area contributed by atoms with Crippen LogP contribution in [-0.4, -0.2) is 12.7 Å². The molecule has 0 aliphatic heterocycles. The fraction of sp³-hybridized carbons (Fsp3) is 0.538. The topological polar surface area (TPSA) is 21.3 Å². The van der Waals surface area contributed by atoms with Crippen molar-refractivity contribution < 1.29 is 13.5 Å². The first-order chi connectivity index (χ1) is 8.65. The average Bonchev–Trinajstić information content (AvgIpc) is 2.82. The minimum atomic E-state index is -2.81. The lowest BCUT2D eigenvalue weighted by molar-refractivity contribution is -0.0505. The Kier molecular flexibility index (Phi) is 4.78. The lowest BCUT2D eigenvalue weighted by Gasteiger charge is -2.15. The zero-order valence-electron chi connectivity index (χ0n) is 9.96. The number of nitrogens with one attached hydrogen (secondary N) is 1. The summed E-state index contributed by atoms with van der Waals surface area (Å²) in [4.78, 5) is 0. The van der Waals surface area contributed by atoms with Crippen LogP contribution in [0.1, 0.15) is 31.2 Å². The molecule has 0 unspecified atom stereocenters. The average molecular weight is 276 g/mol. The van der Waals surface area contributed by atoms with Crippen molar-refractivity contribution in [1.29, 1.82) is 0 Å². The molecule has 1 aromatic rings. The van der Waals surface area contributed by atoms with E-state index in [0.717, 1.165) is 12.8 Å². The van der Waals surface area contributed by atoms with E-state index >= 15 is 0 Å². The van der Waals surface area contributed by atoms with Gasteiger partial charge >= 0.3 is 6.61 Å². The summed E-state index contributed by atoms with van der Waals surface area (Å²) in [6, 6.07) is 5.18. The van der Waals surface area contributed by atoms with Crippen LogP contribution >= 0.6 is 11.6 Å². The van der Waals surface area contributed by atoms with E-state index in [0.29, 0.717) is 23.2 Å². The van der Waals surface area contributed by atoms with Crippen molar-refractivity contribution in [3.8, 4) is 5.75 Å². The molecule has 0 spiro atoms. The summed E-state index contributed by atoms with van der Waals surface area (Å²) in [5.74, 6) is 0.194. The van der Waals surface area contributed by atoms with E-state index < -0.39 is 6.61 Å². The second-order valence-corrected chi connectivity index (χ2v) is 4.93. The molecule has 0 amide bonds. The van der Waals surface area contributed by atoms with E-state index in [4.69, 9.17) is 11.6 Å². The molecular formula is C13H16ClF2NO. The minimum Gasteiger partial charge on any atom is -0.434 e. The van der Waals surface area contributed by atoms with Crippen LogP contribution in [0.2, 0.25) is 5.02 Å². The number of rotatable bonds is 5. The summed E-state index contributed by atoms with van der Waals surface area (Å²) in [7, 11) is 0. The molecule has 0 heterocycles. The van der Waals surface area contributed by atoms with E-state index in [1.807, 2.05) is 0 Å². The van der Waals surface area contributed by atoms with Gasteiger partial charge in [-0.3, -0.25) is 0 Å². The fourth-order valence-electron chi connectivity index (χ4n) is 2.28. The SMILES string of the molecule is FC(F)Oc1ccc(Cl)cc1CNC1CCCC1. The van der Waals surface area contributed by atoms with Gasteiger partial charge in [-0.15, -0.1) is 0 Å². The van der Waals surface area contributed by atoms with Crippen LogP contribution < -0.4 is 10.1 Å². The Morgan fingerprint density at radius 3 is 2.72 bits per heavy atom. The molecule has 2 nitrogen and oxygen atoms in total. The van der Waals surface area contributed by atoms with Crippen LogP contribution in [0.4, 0.5) is 8.78 Å². The van der Waals surface area contributed by atoms with Crippen LogP contribution in [0, 0.1) is 0 Å². The van der Waals surface area contributed by atoms with E-state index in [1.165, 1.54) is 18.9 Å². The van der Waals surface area contributed by atoms with Crippen LogP contribution in [0.25, 0.3) is 0 Å². The van der Waals surface area contributed by atoms with Gasteiger partial charge in [0.2, 0.25) is 0 Å². The lowest BCUT2D eigenvalue weighted by Crippen LogP contribution is -2.25. The largest absolute Gasteiger partial charge is 0.434 e. The predicted molar refractivity (Wildman–Crippen MR) is 67.2 cm³/mol. The molecule has 1 fully saturated rings. The molecule has 1 N–H and O–H groups in total. The summed E-state index contributed by atoms with van der Waals surface area (Å²) in [6.07, 6.45) is 4.75. The highest BCUT2D eigenvalue weighted by Crippen LogP contribution is 2.25. The molecule has 2 rings (SSSR count). The Bertz CT molecular complexity index is 395. The summed E-state index contributed by atoms with van der Waals surface area (Å²) in [5.41, 5.74) is 0.676.